The highest BCUT2D eigenvalue weighted by atomic mass is 16.5. The van der Waals surface area contributed by atoms with Crippen molar-refractivity contribution in [3.63, 3.8) is 0 Å². The predicted molar refractivity (Wildman–Crippen MR) is 122 cm³/mol. The maximum absolute atomic E-state index is 9.68. The SMILES string of the molecule is COc1ccc(CN2CCN(Cc3cccn3-c3cccnc3)CC2CCO)cc1C. The first-order chi connectivity index (χ1) is 15.2. The summed E-state index contributed by atoms with van der Waals surface area (Å²) in [6.07, 6.45) is 6.58. The van der Waals surface area contributed by atoms with E-state index in [9.17, 15) is 5.11 Å². The molecule has 1 aliphatic rings. The van der Waals surface area contributed by atoms with Crippen LogP contribution >= 0.6 is 0 Å². The van der Waals surface area contributed by atoms with E-state index in [1.807, 2.05) is 12.3 Å². The molecule has 1 unspecified atom stereocenters. The van der Waals surface area contributed by atoms with Gasteiger partial charge in [0.05, 0.1) is 19.0 Å². The van der Waals surface area contributed by atoms with E-state index in [0.29, 0.717) is 6.04 Å². The van der Waals surface area contributed by atoms with Gasteiger partial charge in [0, 0.05) is 63.5 Å². The van der Waals surface area contributed by atoms with Gasteiger partial charge in [0.25, 0.3) is 0 Å². The van der Waals surface area contributed by atoms with Crippen LogP contribution in [0.25, 0.3) is 5.69 Å². The molecule has 0 aliphatic carbocycles. The number of benzene rings is 1. The van der Waals surface area contributed by atoms with Gasteiger partial charge in [-0.2, -0.15) is 0 Å². The Hall–Kier alpha value is -2.67. The molecule has 31 heavy (non-hydrogen) atoms. The third-order valence-corrected chi connectivity index (χ3v) is 6.14. The minimum Gasteiger partial charge on any atom is -0.496 e. The molecule has 0 spiro atoms. The molecule has 1 aliphatic heterocycles. The smallest absolute Gasteiger partial charge is 0.121 e. The summed E-state index contributed by atoms with van der Waals surface area (Å²) in [6.45, 7) is 7.03. The number of aliphatic hydroxyl groups excluding tert-OH is 1. The summed E-state index contributed by atoms with van der Waals surface area (Å²) in [5.41, 5.74) is 4.80. The summed E-state index contributed by atoms with van der Waals surface area (Å²) in [4.78, 5) is 9.26. The second-order valence-electron chi connectivity index (χ2n) is 8.26. The van der Waals surface area contributed by atoms with Gasteiger partial charge in [-0.25, -0.2) is 0 Å². The Bertz CT molecular complexity index is 973. The zero-order valence-corrected chi connectivity index (χ0v) is 18.4. The fourth-order valence-corrected chi connectivity index (χ4v) is 4.53. The van der Waals surface area contributed by atoms with Crippen molar-refractivity contribution in [2.75, 3.05) is 33.4 Å². The summed E-state index contributed by atoms with van der Waals surface area (Å²) in [7, 11) is 1.71. The zero-order chi connectivity index (χ0) is 21.6. The lowest BCUT2D eigenvalue weighted by Crippen LogP contribution is -2.52. The number of hydrogen-bond acceptors (Lipinski definition) is 5. The topological polar surface area (TPSA) is 53.8 Å². The number of hydrogen-bond donors (Lipinski definition) is 1. The normalized spacial score (nSPS) is 17.7. The van der Waals surface area contributed by atoms with Crippen molar-refractivity contribution < 1.29 is 9.84 Å². The van der Waals surface area contributed by atoms with Crippen LogP contribution in [0.5, 0.6) is 5.75 Å². The summed E-state index contributed by atoms with van der Waals surface area (Å²) >= 11 is 0. The van der Waals surface area contributed by atoms with Gasteiger partial charge in [0.2, 0.25) is 0 Å². The van der Waals surface area contributed by atoms with Gasteiger partial charge in [0.1, 0.15) is 5.75 Å². The van der Waals surface area contributed by atoms with Gasteiger partial charge in [-0.3, -0.25) is 14.8 Å². The van der Waals surface area contributed by atoms with Crippen LogP contribution in [0.4, 0.5) is 0 Å². The van der Waals surface area contributed by atoms with Crippen molar-refractivity contribution in [1.82, 2.24) is 19.4 Å². The van der Waals surface area contributed by atoms with E-state index in [4.69, 9.17) is 4.74 Å². The first kappa shape index (κ1) is 21.6. The van der Waals surface area contributed by atoms with E-state index in [0.717, 1.165) is 56.1 Å². The van der Waals surface area contributed by atoms with Crippen molar-refractivity contribution in [2.24, 2.45) is 0 Å². The van der Waals surface area contributed by atoms with E-state index in [-0.39, 0.29) is 6.61 Å². The van der Waals surface area contributed by atoms with Gasteiger partial charge in [-0.1, -0.05) is 12.1 Å². The highest BCUT2D eigenvalue weighted by molar-refractivity contribution is 5.36. The standard InChI is InChI=1S/C25H32N4O2/c1-20-15-21(7-8-25(20)31-2)17-28-13-12-27(18-23(28)9-14-30)19-24-6-4-11-29(24)22-5-3-10-26-16-22/h3-8,10-11,15-16,23,30H,9,12-14,17-19H2,1-2H3. The first-order valence-corrected chi connectivity index (χ1v) is 11.0. The average molecular weight is 421 g/mol. The lowest BCUT2D eigenvalue weighted by Gasteiger charge is -2.41. The number of nitrogens with zero attached hydrogens (tertiary/aromatic N) is 4. The maximum Gasteiger partial charge on any atom is 0.121 e. The molecule has 3 aromatic rings. The van der Waals surface area contributed by atoms with E-state index < -0.39 is 0 Å². The van der Waals surface area contributed by atoms with Crippen LogP contribution in [0, 0.1) is 6.92 Å². The molecule has 6 heteroatoms. The molecule has 1 fully saturated rings. The molecule has 1 atom stereocenters. The molecular weight excluding hydrogens is 388 g/mol. The maximum atomic E-state index is 9.68. The van der Waals surface area contributed by atoms with Gasteiger partial charge in [-0.05, 0) is 54.8 Å². The Labute approximate surface area is 184 Å². The molecule has 0 bridgehead atoms. The summed E-state index contributed by atoms with van der Waals surface area (Å²) < 4.78 is 7.60. The van der Waals surface area contributed by atoms with Crippen molar-refractivity contribution in [3.8, 4) is 11.4 Å². The number of ether oxygens (including phenoxy) is 1. The van der Waals surface area contributed by atoms with Gasteiger partial charge in [-0.15, -0.1) is 0 Å². The van der Waals surface area contributed by atoms with Gasteiger partial charge in [0.15, 0.2) is 0 Å². The lowest BCUT2D eigenvalue weighted by atomic mass is 10.1. The Morgan fingerprint density at radius 2 is 2.03 bits per heavy atom. The highest BCUT2D eigenvalue weighted by Crippen LogP contribution is 2.23. The summed E-state index contributed by atoms with van der Waals surface area (Å²) in [5.74, 6) is 0.928. The molecule has 0 amide bonds. The Balaban J connectivity index is 1.43. The van der Waals surface area contributed by atoms with Crippen LogP contribution in [0.2, 0.25) is 0 Å². The van der Waals surface area contributed by atoms with Crippen molar-refractivity contribution in [2.45, 2.75) is 32.5 Å². The molecule has 2 aromatic heterocycles. The number of aromatic nitrogens is 2. The van der Waals surface area contributed by atoms with E-state index in [1.54, 1.807) is 13.3 Å². The van der Waals surface area contributed by atoms with Gasteiger partial charge < -0.3 is 14.4 Å². The third-order valence-electron chi connectivity index (χ3n) is 6.14. The molecule has 1 N–H and O–H groups in total. The monoisotopic (exact) mass is 420 g/mol. The number of methoxy groups -OCH3 is 1. The Morgan fingerprint density at radius 1 is 1.13 bits per heavy atom. The van der Waals surface area contributed by atoms with Crippen LogP contribution in [0.3, 0.4) is 0 Å². The average Bonchev–Trinajstić information content (AvgIpc) is 3.24. The molecule has 4 rings (SSSR count). The molecule has 164 valence electrons. The molecule has 0 saturated carbocycles. The number of piperazine rings is 1. The third kappa shape index (κ3) is 5.15. The van der Waals surface area contributed by atoms with Crippen molar-refractivity contribution >= 4 is 0 Å². The van der Waals surface area contributed by atoms with Crippen molar-refractivity contribution in [1.29, 1.82) is 0 Å². The Kier molecular flexibility index (Phi) is 7.02. The first-order valence-electron chi connectivity index (χ1n) is 11.0. The second-order valence-corrected chi connectivity index (χ2v) is 8.26. The van der Waals surface area contributed by atoms with E-state index in [2.05, 4.69) is 68.9 Å². The zero-order valence-electron chi connectivity index (χ0n) is 18.4. The van der Waals surface area contributed by atoms with Crippen LogP contribution in [-0.2, 0) is 13.1 Å². The minimum absolute atomic E-state index is 0.211. The molecule has 6 nitrogen and oxygen atoms in total. The van der Waals surface area contributed by atoms with Crippen LogP contribution in [-0.4, -0.2) is 63.9 Å². The number of aliphatic hydroxyl groups is 1. The summed E-state index contributed by atoms with van der Waals surface area (Å²) in [6, 6.07) is 15.1. The number of pyridine rings is 1. The number of rotatable bonds is 8. The molecule has 3 heterocycles. The highest BCUT2D eigenvalue weighted by Gasteiger charge is 2.27. The van der Waals surface area contributed by atoms with Crippen LogP contribution in [0.1, 0.15) is 23.2 Å². The second kappa shape index (κ2) is 10.1. The molecular formula is C25H32N4O2. The van der Waals surface area contributed by atoms with E-state index in [1.165, 1.54) is 11.3 Å². The predicted octanol–water partition coefficient (Wildman–Crippen LogP) is 3.26. The molecule has 1 aromatic carbocycles. The fourth-order valence-electron chi connectivity index (χ4n) is 4.53. The Morgan fingerprint density at radius 3 is 2.77 bits per heavy atom. The lowest BCUT2D eigenvalue weighted by molar-refractivity contribution is 0.0492. The minimum atomic E-state index is 0.211. The molecule has 1 saturated heterocycles. The van der Waals surface area contributed by atoms with Crippen molar-refractivity contribution in [3.05, 3.63) is 77.9 Å². The van der Waals surface area contributed by atoms with Crippen LogP contribution < -0.4 is 4.74 Å². The number of aryl methyl sites for hydroxylation is 1. The summed E-state index contributed by atoms with van der Waals surface area (Å²) in [5, 5.41) is 9.68. The van der Waals surface area contributed by atoms with Crippen LogP contribution in [0.15, 0.2) is 61.1 Å². The van der Waals surface area contributed by atoms with Gasteiger partial charge >= 0.3 is 0 Å². The quantitative estimate of drug-likeness (QED) is 0.606. The molecule has 0 radical (unpaired) electrons. The largest absolute Gasteiger partial charge is 0.496 e. The fraction of sp³-hybridized carbons (Fsp3) is 0.400. The van der Waals surface area contributed by atoms with E-state index >= 15 is 0 Å².